The van der Waals surface area contributed by atoms with Gasteiger partial charge in [-0.2, -0.15) is 0 Å². The van der Waals surface area contributed by atoms with Gasteiger partial charge < -0.3 is 0 Å². The molecule has 0 saturated heterocycles. The molecule has 3 fully saturated rings. The molecule has 0 N–H and O–H groups in total. The summed E-state index contributed by atoms with van der Waals surface area (Å²) < 4.78 is 0. The fourth-order valence-corrected chi connectivity index (χ4v) is 11.1. The fourth-order valence-electron chi connectivity index (χ4n) is 11.1. The van der Waals surface area contributed by atoms with Crippen molar-refractivity contribution in [3.63, 3.8) is 0 Å². The minimum atomic E-state index is -0.938. The van der Waals surface area contributed by atoms with Crippen LogP contribution in [0.1, 0.15) is 152 Å². The molecule has 0 radical (unpaired) electrons. The summed E-state index contributed by atoms with van der Waals surface area (Å²) in [5.41, 5.74) is 6.78. The topological polar surface area (TPSA) is 51.2 Å². The SMILES string of the molecule is C=C1Cc2ccccc2CC1C1CCC(C(=O)C[C@](C)(CC(=O)Cc2ccc(C)c(C(C)(C)C)c2)C(=O)C2CCC(C3CCCCC3)CC2)CC1. The van der Waals surface area contributed by atoms with E-state index >= 15 is 0 Å². The Bertz CT molecular complexity index is 1570. The largest absolute Gasteiger partial charge is 0.299 e. The van der Waals surface area contributed by atoms with Crippen molar-refractivity contribution < 1.29 is 14.4 Å². The number of rotatable bonds is 11. The lowest BCUT2D eigenvalue weighted by Gasteiger charge is -2.39. The second kappa shape index (κ2) is 16.1. The minimum Gasteiger partial charge on any atom is -0.299 e. The highest BCUT2D eigenvalue weighted by atomic mass is 16.1. The van der Waals surface area contributed by atoms with Gasteiger partial charge in [0, 0.05) is 36.5 Å². The number of aryl methyl sites for hydroxylation is 1. The lowest BCUT2D eigenvalue weighted by Crippen LogP contribution is -2.41. The summed E-state index contributed by atoms with van der Waals surface area (Å²) in [6.45, 7) is 15.3. The molecule has 0 aliphatic heterocycles. The first kappa shape index (κ1) is 37.9. The zero-order valence-corrected chi connectivity index (χ0v) is 32.7. The van der Waals surface area contributed by atoms with Crippen LogP contribution in [0.15, 0.2) is 54.6 Å². The molecular weight excluding hydrogens is 625 g/mol. The van der Waals surface area contributed by atoms with E-state index in [1.165, 1.54) is 59.9 Å². The number of hydrogen-bond acceptors (Lipinski definition) is 3. The average molecular weight is 691 g/mol. The van der Waals surface area contributed by atoms with Crippen LogP contribution in [0, 0.1) is 47.8 Å². The van der Waals surface area contributed by atoms with Gasteiger partial charge in [-0.3, -0.25) is 14.4 Å². The van der Waals surface area contributed by atoms with E-state index in [1.54, 1.807) is 0 Å². The Labute approximate surface area is 309 Å². The van der Waals surface area contributed by atoms with Crippen LogP contribution in [0.25, 0.3) is 0 Å². The average Bonchev–Trinajstić information content (AvgIpc) is 3.11. The van der Waals surface area contributed by atoms with Crippen LogP contribution in [0.4, 0.5) is 0 Å². The Morgan fingerprint density at radius 1 is 0.706 bits per heavy atom. The molecule has 2 aromatic carbocycles. The first-order valence-electron chi connectivity index (χ1n) is 20.7. The Morgan fingerprint density at radius 2 is 1.31 bits per heavy atom. The summed E-state index contributed by atoms with van der Waals surface area (Å²) in [7, 11) is 0. The third kappa shape index (κ3) is 9.05. The molecule has 0 aromatic heterocycles. The Hall–Kier alpha value is -2.81. The molecule has 3 nitrogen and oxygen atoms in total. The molecule has 6 rings (SSSR count). The molecule has 51 heavy (non-hydrogen) atoms. The van der Waals surface area contributed by atoms with Crippen LogP contribution in [0.2, 0.25) is 0 Å². The molecule has 4 aliphatic rings. The van der Waals surface area contributed by atoms with E-state index in [4.69, 9.17) is 0 Å². The standard InChI is InChI=1S/C48H66O3/c1-32-16-17-34(28-44(32)47(3,4)5)27-42(49)30-48(6,46(51)39-24-18-36(19-25-39)35-12-8-7-9-13-35)31-45(50)38-22-20-37(21-23-38)43-29-41-15-11-10-14-40(41)26-33(43)2/h10-11,14-17,28,35-39,43H,2,7-9,12-13,18-27,29-31H2,1,3-6H3/t36?,37?,38?,39?,43?,48-/m0/s1. The first-order chi connectivity index (χ1) is 24.3. The summed E-state index contributed by atoms with van der Waals surface area (Å²) in [4.78, 5) is 42.8. The number of carbonyl (C=O) groups excluding carboxylic acids is 3. The number of fused-ring (bicyclic) bond motifs is 1. The van der Waals surface area contributed by atoms with E-state index in [0.717, 1.165) is 81.6 Å². The van der Waals surface area contributed by atoms with Crippen molar-refractivity contribution in [3.8, 4) is 0 Å². The quantitative estimate of drug-likeness (QED) is 0.221. The summed E-state index contributed by atoms with van der Waals surface area (Å²) in [5, 5.41) is 0. The van der Waals surface area contributed by atoms with E-state index in [1.807, 2.05) is 6.92 Å². The van der Waals surface area contributed by atoms with Crippen LogP contribution in [0.5, 0.6) is 0 Å². The smallest absolute Gasteiger partial charge is 0.142 e. The minimum absolute atomic E-state index is 0.00970. The molecule has 0 heterocycles. The van der Waals surface area contributed by atoms with Gasteiger partial charge in [-0.25, -0.2) is 0 Å². The molecular formula is C48H66O3. The maximum absolute atomic E-state index is 14.6. The Morgan fingerprint density at radius 3 is 1.98 bits per heavy atom. The van der Waals surface area contributed by atoms with E-state index in [0.29, 0.717) is 18.3 Å². The second-order valence-electron chi connectivity index (χ2n) is 18.9. The third-order valence-corrected chi connectivity index (χ3v) is 14.0. The molecule has 2 aromatic rings. The highest BCUT2D eigenvalue weighted by Crippen LogP contribution is 2.46. The molecule has 3 heteroatoms. The first-order valence-corrected chi connectivity index (χ1v) is 20.7. The van der Waals surface area contributed by atoms with Crippen molar-refractivity contribution >= 4 is 17.3 Å². The van der Waals surface area contributed by atoms with Gasteiger partial charge in [0.25, 0.3) is 0 Å². The van der Waals surface area contributed by atoms with Crippen molar-refractivity contribution in [2.45, 2.75) is 156 Å². The predicted molar refractivity (Wildman–Crippen MR) is 210 cm³/mol. The monoisotopic (exact) mass is 691 g/mol. The van der Waals surface area contributed by atoms with Crippen LogP contribution >= 0.6 is 0 Å². The molecule has 0 amide bonds. The van der Waals surface area contributed by atoms with Crippen LogP contribution in [-0.4, -0.2) is 17.3 Å². The van der Waals surface area contributed by atoms with E-state index < -0.39 is 5.41 Å². The zero-order chi connectivity index (χ0) is 36.3. The maximum Gasteiger partial charge on any atom is 0.142 e. The number of hydrogen-bond donors (Lipinski definition) is 0. The van der Waals surface area contributed by atoms with Crippen molar-refractivity contribution in [2.24, 2.45) is 40.9 Å². The van der Waals surface area contributed by atoms with Gasteiger partial charge in [-0.15, -0.1) is 0 Å². The summed E-state index contributed by atoms with van der Waals surface area (Å²) in [6.07, 6.45) is 17.5. The van der Waals surface area contributed by atoms with E-state index in [-0.39, 0.29) is 47.4 Å². The van der Waals surface area contributed by atoms with Gasteiger partial charge in [0.15, 0.2) is 0 Å². The van der Waals surface area contributed by atoms with Gasteiger partial charge >= 0.3 is 0 Å². The summed E-state index contributed by atoms with van der Waals surface area (Å²) in [6, 6.07) is 15.2. The van der Waals surface area contributed by atoms with Crippen LogP contribution < -0.4 is 0 Å². The highest BCUT2D eigenvalue weighted by molar-refractivity contribution is 5.97. The zero-order valence-electron chi connectivity index (χ0n) is 32.7. The number of allylic oxidation sites excluding steroid dienone is 1. The maximum atomic E-state index is 14.6. The Balaban J connectivity index is 1.13. The molecule has 0 spiro atoms. The molecule has 1 unspecified atom stereocenters. The van der Waals surface area contributed by atoms with Gasteiger partial charge in [0.05, 0.1) is 0 Å². The van der Waals surface area contributed by atoms with Gasteiger partial charge in [0.1, 0.15) is 17.3 Å². The number of carbonyl (C=O) groups is 3. The molecule has 0 bridgehead atoms. The lowest BCUT2D eigenvalue weighted by atomic mass is 9.63. The van der Waals surface area contributed by atoms with Crippen LogP contribution in [0.3, 0.4) is 0 Å². The van der Waals surface area contributed by atoms with Gasteiger partial charge in [-0.05, 0) is 128 Å². The summed E-state index contributed by atoms with van der Waals surface area (Å²) in [5.74, 6) is 3.07. The van der Waals surface area contributed by atoms with E-state index in [9.17, 15) is 14.4 Å². The lowest BCUT2D eigenvalue weighted by molar-refractivity contribution is -0.142. The normalized spacial score (nSPS) is 27.3. The molecule has 2 atom stereocenters. The van der Waals surface area contributed by atoms with Crippen molar-refractivity contribution in [2.75, 3.05) is 0 Å². The van der Waals surface area contributed by atoms with Gasteiger partial charge in [0.2, 0.25) is 0 Å². The van der Waals surface area contributed by atoms with E-state index in [2.05, 4.69) is 76.7 Å². The summed E-state index contributed by atoms with van der Waals surface area (Å²) >= 11 is 0. The number of benzene rings is 2. The van der Waals surface area contributed by atoms with Crippen LogP contribution in [-0.2, 0) is 39.1 Å². The Kier molecular flexibility index (Phi) is 11.9. The second-order valence-corrected chi connectivity index (χ2v) is 18.9. The number of Topliss-reactive ketones (excluding diaryl/α,β-unsaturated/α-hetero) is 3. The van der Waals surface area contributed by atoms with Gasteiger partial charge in [-0.1, -0.05) is 114 Å². The molecule has 4 aliphatic carbocycles. The molecule has 276 valence electrons. The van der Waals surface area contributed by atoms with Crippen molar-refractivity contribution in [3.05, 3.63) is 82.4 Å². The number of ketones is 3. The van der Waals surface area contributed by atoms with Crippen molar-refractivity contribution in [1.29, 1.82) is 0 Å². The van der Waals surface area contributed by atoms with Crippen molar-refractivity contribution in [1.82, 2.24) is 0 Å². The predicted octanol–water partition coefficient (Wildman–Crippen LogP) is 11.5. The fraction of sp³-hybridized carbons (Fsp3) is 0.646. The third-order valence-electron chi connectivity index (χ3n) is 14.0. The molecule has 3 saturated carbocycles. The highest BCUT2D eigenvalue weighted by Gasteiger charge is 2.44.